The third-order valence-corrected chi connectivity index (χ3v) is 4.22. The largest absolute Gasteiger partial charge is 0.352 e. The van der Waals surface area contributed by atoms with Crippen LogP contribution in [-0.4, -0.2) is 18.4 Å². The molecule has 1 fully saturated rings. The molecule has 2 aromatic carbocycles. The molecule has 0 bridgehead atoms. The summed E-state index contributed by atoms with van der Waals surface area (Å²) >= 11 is 5.91. The number of amides is 2. The quantitative estimate of drug-likeness (QED) is 0.924. The molecule has 1 aliphatic heterocycles. The van der Waals surface area contributed by atoms with E-state index in [0.29, 0.717) is 23.8 Å². The van der Waals surface area contributed by atoms with Crippen molar-refractivity contribution in [1.82, 2.24) is 5.32 Å². The maximum atomic E-state index is 13.0. The van der Waals surface area contributed by atoms with Crippen molar-refractivity contribution >= 4 is 29.1 Å². The third kappa shape index (κ3) is 3.74. The summed E-state index contributed by atoms with van der Waals surface area (Å²) in [7, 11) is 0. The first-order valence-corrected chi connectivity index (χ1v) is 7.99. The number of nitrogens with one attached hydrogen (secondary N) is 1. The van der Waals surface area contributed by atoms with Gasteiger partial charge in [-0.15, -0.1) is 0 Å². The van der Waals surface area contributed by atoms with E-state index in [4.69, 9.17) is 11.6 Å². The topological polar surface area (TPSA) is 49.4 Å². The second-order valence-electron chi connectivity index (χ2n) is 5.73. The predicted octanol–water partition coefficient (Wildman–Crippen LogP) is 3.15. The zero-order valence-corrected chi connectivity index (χ0v) is 13.6. The van der Waals surface area contributed by atoms with Crippen molar-refractivity contribution in [2.24, 2.45) is 5.92 Å². The Morgan fingerprint density at radius 2 is 2.00 bits per heavy atom. The highest BCUT2D eigenvalue weighted by Gasteiger charge is 2.34. The van der Waals surface area contributed by atoms with Gasteiger partial charge in [0.15, 0.2) is 0 Å². The number of nitrogens with zero attached hydrogens (tertiary/aromatic N) is 1. The Bertz CT molecular complexity index is 764. The van der Waals surface area contributed by atoms with Gasteiger partial charge < -0.3 is 10.2 Å². The molecule has 1 atom stereocenters. The fourth-order valence-electron chi connectivity index (χ4n) is 2.73. The molecule has 0 saturated carbocycles. The van der Waals surface area contributed by atoms with E-state index in [2.05, 4.69) is 5.32 Å². The minimum absolute atomic E-state index is 0.135. The average Bonchev–Trinajstić information content (AvgIpc) is 2.95. The average molecular weight is 347 g/mol. The van der Waals surface area contributed by atoms with Gasteiger partial charge in [0.2, 0.25) is 11.8 Å². The number of benzene rings is 2. The molecule has 24 heavy (non-hydrogen) atoms. The van der Waals surface area contributed by atoms with E-state index in [1.54, 1.807) is 24.3 Å². The minimum Gasteiger partial charge on any atom is -0.352 e. The number of rotatable bonds is 4. The molecule has 0 spiro atoms. The summed E-state index contributed by atoms with van der Waals surface area (Å²) in [4.78, 5) is 25.9. The lowest BCUT2D eigenvalue weighted by molar-refractivity contribution is -0.126. The normalized spacial score (nSPS) is 17.2. The van der Waals surface area contributed by atoms with Crippen LogP contribution in [0.1, 0.15) is 12.0 Å². The van der Waals surface area contributed by atoms with E-state index in [1.165, 1.54) is 17.0 Å². The summed E-state index contributed by atoms with van der Waals surface area (Å²) < 4.78 is 13.0. The lowest BCUT2D eigenvalue weighted by atomic mass is 10.1. The summed E-state index contributed by atoms with van der Waals surface area (Å²) in [6, 6.07) is 12.9. The summed E-state index contributed by atoms with van der Waals surface area (Å²) in [6.45, 7) is 0.659. The molecule has 1 saturated heterocycles. The molecule has 0 aromatic heterocycles. The Morgan fingerprint density at radius 1 is 1.25 bits per heavy atom. The summed E-state index contributed by atoms with van der Waals surface area (Å²) in [5, 5.41) is 3.44. The van der Waals surface area contributed by atoms with Crippen LogP contribution in [0.2, 0.25) is 5.02 Å². The van der Waals surface area contributed by atoms with Crippen LogP contribution in [0.5, 0.6) is 0 Å². The molecular formula is C18H16ClFN2O2. The van der Waals surface area contributed by atoms with Crippen LogP contribution in [0.25, 0.3) is 0 Å². The number of carbonyl (C=O) groups is 2. The van der Waals surface area contributed by atoms with Gasteiger partial charge in [-0.1, -0.05) is 23.7 Å². The Labute approximate surface area is 144 Å². The first kappa shape index (κ1) is 16.5. The molecule has 1 aliphatic rings. The highest BCUT2D eigenvalue weighted by Crippen LogP contribution is 2.25. The van der Waals surface area contributed by atoms with Gasteiger partial charge in [0.1, 0.15) is 5.82 Å². The van der Waals surface area contributed by atoms with E-state index in [9.17, 15) is 14.0 Å². The van der Waals surface area contributed by atoms with Crippen LogP contribution in [-0.2, 0) is 16.1 Å². The second-order valence-corrected chi connectivity index (χ2v) is 6.17. The van der Waals surface area contributed by atoms with Crippen LogP contribution in [0.15, 0.2) is 48.5 Å². The monoisotopic (exact) mass is 346 g/mol. The lowest BCUT2D eigenvalue weighted by Gasteiger charge is -2.16. The van der Waals surface area contributed by atoms with Crippen molar-refractivity contribution in [3.63, 3.8) is 0 Å². The van der Waals surface area contributed by atoms with Gasteiger partial charge in [0.05, 0.1) is 5.92 Å². The number of halogens is 2. The van der Waals surface area contributed by atoms with E-state index < -0.39 is 5.92 Å². The number of hydrogen-bond donors (Lipinski definition) is 1. The zero-order valence-electron chi connectivity index (χ0n) is 12.8. The number of anilines is 1. The SMILES string of the molecule is O=C(NCc1cccc(Cl)c1)[C@@H]1CC(=O)N(c2ccc(F)cc2)C1. The van der Waals surface area contributed by atoms with E-state index >= 15 is 0 Å². The third-order valence-electron chi connectivity index (χ3n) is 3.99. The van der Waals surface area contributed by atoms with E-state index in [-0.39, 0.29) is 24.1 Å². The smallest absolute Gasteiger partial charge is 0.227 e. The highest BCUT2D eigenvalue weighted by molar-refractivity contribution is 6.30. The van der Waals surface area contributed by atoms with E-state index in [0.717, 1.165) is 5.56 Å². The van der Waals surface area contributed by atoms with Crippen molar-refractivity contribution < 1.29 is 14.0 Å². The van der Waals surface area contributed by atoms with Gasteiger partial charge in [-0.05, 0) is 42.0 Å². The summed E-state index contributed by atoms with van der Waals surface area (Å²) in [6.07, 6.45) is 0.152. The Kier molecular flexibility index (Phi) is 4.81. The van der Waals surface area contributed by atoms with Crippen molar-refractivity contribution in [1.29, 1.82) is 0 Å². The summed E-state index contributed by atoms with van der Waals surface area (Å²) in [5.41, 5.74) is 1.50. The molecule has 4 nitrogen and oxygen atoms in total. The molecule has 0 aliphatic carbocycles. The van der Waals surface area contributed by atoms with Crippen LogP contribution in [0, 0.1) is 11.7 Å². The van der Waals surface area contributed by atoms with Crippen LogP contribution in [0.4, 0.5) is 10.1 Å². The van der Waals surface area contributed by atoms with Gasteiger partial charge in [0.25, 0.3) is 0 Å². The first-order valence-electron chi connectivity index (χ1n) is 7.61. The fourth-order valence-corrected chi connectivity index (χ4v) is 2.95. The van der Waals surface area contributed by atoms with Gasteiger partial charge in [0, 0.05) is 30.2 Å². The number of hydrogen-bond acceptors (Lipinski definition) is 2. The van der Waals surface area contributed by atoms with Gasteiger partial charge in [-0.3, -0.25) is 9.59 Å². The molecular weight excluding hydrogens is 331 g/mol. The van der Waals surface area contributed by atoms with Crippen molar-refractivity contribution in [2.75, 3.05) is 11.4 Å². The second kappa shape index (κ2) is 7.01. The van der Waals surface area contributed by atoms with Crippen molar-refractivity contribution in [3.8, 4) is 0 Å². The van der Waals surface area contributed by atoms with Gasteiger partial charge >= 0.3 is 0 Å². The van der Waals surface area contributed by atoms with Crippen LogP contribution >= 0.6 is 11.6 Å². The molecule has 0 radical (unpaired) electrons. The predicted molar refractivity (Wildman–Crippen MR) is 90.2 cm³/mol. The molecule has 0 unspecified atom stereocenters. The first-order chi connectivity index (χ1) is 11.5. The van der Waals surface area contributed by atoms with Crippen molar-refractivity contribution in [2.45, 2.75) is 13.0 Å². The zero-order chi connectivity index (χ0) is 17.1. The standard InChI is InChI=1S/C18H16ClFN2O2/c19-14-3-1-2-12(8-14)10-21-18(24)13-9-17(23)22(11-13)16-6-4-15(20)5-7-16/h1-8,13H,9-11H2,(H,21,24)/t13-/m1/s1. The molecule has 2 aromatic rings. The van der Waals surface area contributed by atoms with E-state index in [1.807, 2.05) is 12.1 Å². The molecule has 6 heteroatoms. The summed E-state index contributed by atoms with van der Waals surface area (Å²) in [5.74, 6) is -1.08. The van der Waals surface area contributed by atoms with Gasteiger partial charge in [-0.2, -0.15) is 0 Å². The number of carbonyl (C=O) groups excluding carboxylic acids is 2. The highest BCUT2D eigenvalue weighted by atomic mass is 35.5. The van der Waals surface area contributed by atoms with Gasteiger partial charge in [-0.25, -0.2) is 4.39 Å². The Balaban J connectivity index is 1.60. The maximum Gasteiger partial charge on any atom is 0.227 e. The maximum absolute atomic E-state index is 13.0. The van der Waals surface area contributed by atoms with Crippen LogP contribution in [0.3, 0.4) is 0 Å². The minimum atomic E-state index is -0.415. The lowest BCUT2D eigenvalue weighted by Crippen LogP contribution is -2.32. The fraction of sp³-hybridized carbons (Fsp3) is 0.222. The molecule has 1 heterocycles. The Hall–Kier alpha value is -2.40. The van der Waals surface area contributed by atoms with Crippen LogP contribution < -0.4 is 10.2 Å². The molecule has 3 rings (SSSR count). The van der Waals surface area contributed by atoms with Crippen molar-refractivity contribution in [3.05, 3.63) is 64.9 Å². The molecule has 124 valence electrons. The molecule has 2 amide bonds. The molecule has 1 N–H and O–H groups in total. The Morgan fingerprint density at radius 3 is 2.71 bits per heavy atom.